The van der Waals surface area contributed by atoms with Gasteiger partial charge in [-0.15, -0.1) is 0 Å². The second kappa shape index (κ2) is 8.28. The molecule has 146 valence electrons. The van der Waals surface area contributed by atoms with E-state index in [1.54, 1.807) is 25.1 Å². The summed E-state index contributed by atoms with van der Waals surface area (Å²) in [6, 6.07) is 8.33. The van der Waals surface area contributed by atoms with Crippen LogP contribution in [0.15, 0.2) is 47.4 Å². The average molecular weight is 421 g/mol. The van der Waals surface area contributed by atoms with Crippen LogP contribution in [0.1, 0.15) is 17.5 Å². The normalized spacial score (nSPS) is 12.0. The van der Waals surface area contributed by atoms with Crippen molar-refractivity contribution in [3.8, 4) is 0 Å². The van der Waals surface area contributed by atoms with E-state index in [2.05, 4.69) is 10.0 Å². The smallest absolute Gasteiger partial charge is 0.326 e. The lowest BCUT2D eigenvalue weighted by Gasteiger charge is -2.11. The molecule has 2 aromatic rings. The van der Waals surface area contributed by atoms with Gasteiger partial charge >= 0.3 is 6.18 Å². The molecule has 0 aliphatic rings. The fourth-order valence-corrected chi connectivity index (χ4v) is 3.43. The second-order valence-corrected chi connectivity index (χ2v) is 7.81. The van der Waals surface area contributed by atoms with Crippen molar-refractivity contribution in [2.24, 2.45) is 0 Å². The molecular formula is C17H16ClF3N2O3S. The number of halogens is 4. The first-order valence-electron chi connectivity index (χ1n) is 7.72. The van der Waals surface area contributed by atoms with Crippen LogP contribution in [0.4, 0.5) is 18.9 Å². The van der Waals surface area contributed by atoms with Crippen LogP contribution >= 0.6 is 11.6 Å². The molecule has 27 heavy (non-hydrogen) atoms. The Morgan fingerprint density at radius 3 is 2.48 bits per heavy atom. The molecule has 2 N–H and O–H groups in total. The molecule has 5 nitrogen and oxygen atoms in total. The lowest BCUT2D eigenvalue weighted by Crippen LogP contribution is -2.28. The maximum Gasteiger partial charge on any atom is 0.416 e. The molecule has 10 heteroatoms. The summed E-state index contributed by atoms with van der Waals surface area (Å²) in [5.41, 5.74) is 0.0878. The maximum absolute atomic E-state index is 12.7. The van der Waals surface area contributed by atoms with Gasteiger partial charge in [0.25, 0.3) is 0 Å². The second-order valence-electron chi connectivity index (χ2n) is 5.63. The molecule has 0 atom stereocenters. The Kier molecular flexibility index (Phi) is 6.50. The third kappa shape index (κ3) is 5.69. The lowest BCUT2D eigenvalue weighted by molar-refractivity contribution is -0.137. The summed E-state index contributed by atoms with van der Waals surface area (Å²) in [4.78, 5) is 11.4. The van der Waals surface area contributed by atoms with Gasteiger partial charge in [0.2, 0.25) is 15.9 Å². The van der Waals surface area contributed by atoms with Gasteiger partial charge in [-0.25, -0.2) is 13.1 Å². The molecule has 0 heterocycles. The molecule has 1 amide bonds. The third-order valence-electron chi connectivity index (χ3n) is 3.66. The quantitative estimate of drug-likeness (QED) is 0.742. The number of rotatable bonds is 6. The first kappa shape index (κ1) is 21.2. The van der Waals surface area contributed by atoms with Gasteiger partial charge in [-0.3, -0.25) is 4.79 Å². The SMILES string of the molecule is Cc1c(Cl)cccc1NC(=O)CCNS(=O)(=O)c1cccc(C(F)(F)F)c1. The minimum absolute atomic E-state index is 0.204. The molecule has 0 bridgehead atoms. The number of alkyl halides is 3. The fourth-order valence-electron chi connectivity index (χ4n) is 2.18. The van der Waals surface area contributed by atoms with Crippen LogP contribution in [0.2, 0.25) is 5.02 Å². The van der Waals surface area contributed by atoms with Gasteiger partial charge in [-0.05, 0) is 42.8 Å². The van der Waals surface area contributed by atoms with Crippen molar-refractivity contribution in [2.75, 3.05) is 11.9 Å². The van der Waals surface area contributed by atoms with Crippen LogP contribution in [0.5, 0.6) is 0 Å². The molecular weight excluding hydrogens is 405 g/mol. The number of carbonyl (C=O) groups excluding carboxylic acids is 1. The number of anilines is 1. The highest BCUT2D eigenvalue weighted by atomic mass is 35.5. The summed E-state index contributed by atoms with van der Waals surface area (Å²) in [6.07, 6.45) is -4.86. The van der Waals surface area contributed by atoms with Crippen LogP contribution in [0.3, 0.4) is 0 Å². The lowest BCUT2D eigenvalue weighted by atomic mass is 10.2. The van der Waals surface area contributed by atoms with Crippen molar-refractivity contribution in [3.05, 3.63) is 58.6 Å². The summed E-state index contributed by atoms with van der Waals surface area (Å²) in [6.45, 7) is 1.44. The molecule has 0 fully saturated rings. The number of sulfonamides is 1. The van der Waals surface area contributed by atoms with E-state index in [-0.39, 0.29) is 13.0 Å². The zero-order valence-corrected chi connectivity index (χ0v) is 15.7. The Bertz CT molecular complexity index is 947. The highest BCUT2D eigenvalue weighted by Crippen LogP contribution is 2.30. The molecule has 2 rings (SSSR count). The van der Waals surface area contributed by atoms with Gasteiger partial charge < -0.3 is 5.32 Å². The van der Waals surface area contributed by atoms with Gasteiger partial charge in [-0.1, -0.05) is 23.7 Å². The van der Waals surface area contributed by atoms with Crippen molar-refractivity contribution in [1.29, 1.82) is 0 Å². The van der Waals surface area contributed by atoms with E-state index in [4.69, 9.17) is 11.6 Å². The largest absolute Gasteiger partial charge is 0.416 e. The first-order valence-corrected chi connectivity index (χ1v) is 9.59. The summed E-state index contributed by atoms with van der Waals surface area (Å²) >= 11 is 5.95. The minimum atomic E-state index is -4.65. The first-order chi connectivity index (χ1) is 12.5. The zero-order chi connectivity index (χ0) is 20.2. The van der Waals surface area contributed by atoms with Gasteiger partial charge in [0.05, 0.1) is 10.5 Å². The molecule has 0 saturated carbocycles. The highest BCUT2D eigenvalue weighted by Gasteiger charge is 2.31. The summed E-state index contributed by atoms with van der Waals surface area (Å²) < 4.78 is 64.5. The number of hydrogen-bond acceptors (Lipinski definition) is 3. The Balaban J connectivity index is 1.98. The number of benzene rings is 2. The summed E-state index contributed by atoms with van der Waals surface area (Å²) in [5, 5.41) is 3.07. The topological polar surface area (TPSA) is 75.3 Å². The predicted octanol–water partition coefficient (Wildman–Crippen LogP) is 3.97. The van der Waals surface area contributed by atoms with Crippen molar-refractivity contribution in [3.63, 3.8) is 0 Å². The predicted molar refractivity (Wildman–Crippen MR) is 96.1 cm³/mol. The van der Waals surface area contributed by atoms with E-state index in [9.17, 15) is 26.4 Å². The van der Waals surface area contributed by atoms with Gasteiger partial charge in [0.15, 0.2) is 0 Å². The number of amides is 1. The molecule has 2 aromatic carbocycles. The Morgan fingerprint density at radius 2 is 1.81 bits per heavy atom. The Labute approximate surface area is 159 Å². The molecule has 0 aromatic heterocycles. The van der Waals surface area contributed by atoms with Crippen LogP contribution in [-0.2, 0) is 21.0 Å². The number of hydrogen-bond donors (Lipinski definition) is 2. The minimum Gasteiger partial charge on any atom is -0.326 e. The van der Waals surface area contributed by atoms with Gasteiger partial charge in [-0.2, -0.15) is 13.2 Å². The molecule has 0 spiro atoms. The standard InChI is InChI=1S/C17H16ClF3N2O3S/c1-11-14(18)6-3-7-15(11)23-16(24)8-9-22-27(25,26)13-5-2-4-12(10-13)17(19,20)21/h2-7,10,22H,8-9H2,1H3,(H,23,24). The highest BCUT2D eigenvalue weighted by molar-refractivity contribution is 7.89. The molecule has 0 radical (unpaired) electrons. The van der Waals surface area contributed by atoms with Crippen LogP contribution in [0.25, 0.3) is 0 Å². The molecule has 0 saturated heterocycles. The van der Waals surface area contributed by atoms with Crippen LogP contribution in [-0.4, -0.2) is 20.9 Å². The summed E-state index contributed by atoms with van der Waals surface area (Å²) in [5.74, 6) is -0.466. The Morgan fingerprint density at radius 1 is 1.15 bits per heavy atom. The van der Waals surface area contributed by atoms with E-state index in [1.165, 1.54) is 0 Å². The van der Waals surface area contributed by atoms with E-state index >= 15 is 0 Å². The monoisotopic (exact) mass is 420 g/mol. The molecule has 0 aliphatic heterocycles. The average Bonchev–Trinajstić information content (AvgIpc) is 2.58. The van der Waals surface area contributed by atoms with Crippen molar-refractivity contribution < 1.29 is 26.4 Å². The maximum atomic E-state index is 12.7. The summed E-state index contributed by atoms with van der Waals surface area (Å²) in [7, 11) is -4.18. The Hall–Kier alpha value is -2.10. The van der Waals surface area contributed by atoms with Crippen molar-refractivity contribution in [1.82, 2.24) is 4.72 Å². The fraction of sp³-hybridized carbons (Fsp3) is 0.235. The van der Waals surface area contributed by atoms with Crippen LogP contribution < -0.4 is 10.0 Å². The van der Waals surface area contributed by atoms with Gasteiger partial charge in [0.1, 0.15) is 0 Å². The molecule has 0 unspecified atom stereocenters. The van der Waals surface area contributed by atoms with Crippen molar-refractivity contribution in [2.45, 2.75) is 24.4 Å². The zero-order valence-electron chi connectivity index (χ0n) is 14.1. The van der Waals surface area contributed by atoms with E-state index in [1.807, 2.05) is 0 Å². The van der Waals surface area contributed by atoms with E-state index in [0.717, 1.165) is 18.2 Å². The third-order valence-corrected chi connectivity index (χ3v) is 5.53. The number of carbonyl (C=O) groups is 1. The van der Waals surface area contributed by atoms with E-state index < -0.39 is 32.6 Å². The van der Waals surface area contributed by atoms with E-state index in [0.29, 0.717) is 22.3 Å². The number of nitrogens with one attached hydrogen (secondary N) is 2. The van der Waals surface area contributed by atoms with Crippen LogP contribution in [0, 0.1) is 6.92 Å². The molecule has 0 aliphatic carbocycles. The van der Waals surface area contributed by atoms with Crippen molar-refractivity contribution >= 4 is 33.2 Å². The van der Waals surface area contributed by atoms with Gasteiger partial charge in [0, 0.05) is 23.7 Å².